The van der Waals surface area contributed by atoms with Crippen molar-refractivity contribution in [2.45, 2.75) is 6.42 Å². The van der Waals surface area contributed by atoms with Gasteiger partial charge in [-0.25, -0.2) is 0 Å². The van der Waals surface area contributed by atoms with Crippen LogP contribution in [0.25, 0.3) is 0 Å². The molecule has 0 bridgehead atoms. The van der Waals surface area contributed by atoms with Crippen molar-refractivity contribution in [1.82, 2.24) is 0 Å². The smallest absolute Gasteiger partial charge is 0.164 e. The van der Waals surface area contributed by atoms with Gasteiger partial charge in [0.15, 0.2) is 5.05 Å². The quantitative estimate of drug-likeness (QED) is 0.424. The van der Waals surface area contributed by atoms with E-state index < -0.39 is 0 Å². The Labute approximate surface area is 76.7 Å². The topological polar surface area (TPSA) is 9.23 Å². The maximum atomic E-state index is 5.26. The summed E-state index contributed by atoms with van der Waals surface area (Å²) in [4.78, 5) is 0. The van der Waals surface area contributed by atoms with Crippen LogP contribution in [0.3, 0.4) is 0 Å². The van der Waals surface area contributed by atoms with E-state index in [0.29, 0.717) is 11.7 Å². The Bertz CT molecular complexity index is 346. The van der Waals surface area contributed by atoms with Crippen molar-refractivity contribution >= 4 is 17.3 Å². The Morgan fingerprint density at radius 3 is 3.08 bits per heavy atom. The average molecular weight is 438 g/mol. The largest absolute Gasteiger partial charge is 0.482 e. The molecule has 0 saturated carbocycles. The zero-order valence-electron chi connectivity index (χ0n) is 6.80. The predicted octanol–water partition coefficient (Wildman–Crippen LogP) is 2.31. The summed E-state index contributed by atoms with van der Waals surface area (Å²) >= 11 is 4.98. The van der Waals surface area contributed by atoms with Crippen molar-refractivity contribution in [1.29, 1.82) is 0 Å². The second kappa shape index (κ2) is 3.53. The van der Waals surface area contributed by atoms with Crippen LogP contribution in [0, 0.1) is 0 Å². The molecule has 0 fully saturated rings. The monoisotopic (exact) mass is 438 g/mol. The minimum atomic E-state index is 0. The first kappa shape index (κ1) is 8.98. The predicted molar refractivity (Wildman–Crippen MR) is 52.0 cm³/mol. The summed E-state index contributed by atoms with van der Waals surface area (Å²) in [6, 6.07) is 0. The second-order valence-corrected chi connectivity index (χ2v) is 3.18. The SMILES string of the molecule is S=C1CC2=C(C=CC=C=C2)CO1.[Lr]. The molecule has 2 rings (SSSR count). The zero-order chi connectivity index (χ0) is 8.39. The van der Waals surface area contributed by atoms with Gasteiger partial charge >= 0.3 is 0 Å². The van der Waals surface area contributed by atoms with Crippen molar-refractivity contribution in [2.75, 3.05) is 6.61 Å². The fraction of sp³-hybridized carbons (Fsp3) is 0.200. The fourth-order valence-electron chi connectivity index (χ4n) is 1.24. The Balaban J connectivity index is 0.000000845. The molecular formula is C10H8LrOS. The molecule has 0 atom stereocenters. The summed E-state index contributed by atoms with van der Waals surface area (Å²) in [7, 11) is 0. The number of hydrogen-bond donors (Lipinski definition) is 0. The molecule has 0 saturated heterocycles. The van der Waals surface area contributed by atoms with E-state index in [4.69, 9.17) is 17.0 Å². The van der Waals surface area contributed by atoms with Gasteiger partial charge in [-0.1, -0.05) is 12.2 Å². The molecule has 1 aliphatic heterocycles. The molecule has 1 aliphatic carbocycles. The van der Waals surface area contributed by atoms with E-state index in [1.165, 1.54) is 11.1 Å². The number of thiocarbonyl (C=S) groups is 1. The first-order valence-corrected chi connectivity index (χ1v) is 4.24. The van der Waals surface area contributed by atoms with Crippen molar-refractivity contribution in [3.05, 3.63) is 41.2 Å². The normalized spacial score (nSPS) is 18.9. The van der Waals surface area contributed by atoms with Crippen molar-refractivity contribution < 1.29 is 4.74 Å². The van der Waals surface area contributed by atoms with Gasteiger partial charge in [-0.15, -0.1) is 5.73 Å². The van der Waals surface area contributed by atoms with Gasteiger partial charge in [-0.3, -0.25) is 0 Å². The van der Waals surface area contributed by atoms with Crippen LogP contribution in [0.15, 0.2) is 41.2 Å². The van der Waals surface area contributed by atoms with Crippen LogP contribution in [0.1, 0.15) is 6.42 Å². The standard InChI is InChI=1S/C10H8OS.Lr/c12-10-6-8-4-2-1-3-5-9(8)7-11-10;/h1,3-5H,6-7H2;. The summed E-state index contributed by atoms with van der Waals surface area (Å²) < 4.78 is 5.26. The second-order valence-electron chi connectivity index (χ2n) is 2.72. The number of ether oxygens (including phenoxy) is 1. The van der Waals surface area contributed by atoms with E-state index in [0.717, 1.165) is 6.42 Å². The maximum Gasteiger partial charge on any atom is 0.164 e. The van der Waals surface area contributed by atoms with Crippen LogP contribution >= 0.6 is 12.2 Å². The van der Waals surface area contributed by atoms with Crippen LogP contribution in [-0.2, 0) is 4.74 Å². The molecule has 75 valence electrons. The molecule has 0 spiro atoms. The van der Waals surface area contributed by atoms with Gasteiger partial charge in [0.25, 0.3) is 0 Å². The fourth-order valence-corrected chi connectivity index (χ4v) is 1.45. The van der Waals surface area contributed by atoms with Gasteiger partial charge in [0, 0.05) is 6.42 Å². The third-order valence-corrected chi connectivity index (χ3v) is 2.15. The molecule has 0 aromatic heterocycles. The molecule has 2 aliphatic rings. The third kappa shape index (κ3) is 1.73. The number of allylic oxidation sites excluding steroid dienone is 2. The summed E-state index contributed by atoms with van der Waals surface area (Å²) in [5, 5.41) is 0.683. The first-order chi connectivity index (χ1) is 5.86. The van der Waals surface area contributed by atoms with Gasteiger partial charge in [0.2, 0.25) is 0 Å². The maximum absolute atomic E-state index is 5.26. The molecule has 0 aromatic rings. The van der Waals surface area contributed by atoms with Crippen molar-refractivity contribution in [2.24, 2.45) is 0 Å². The van der Waals surface area contributed by atoms with E-state index in [-0.39, 0.29) is 0 Å². The molecular weight excluding hydrogens is 430 g/mol. The van der Waals surface area contributed by atoms with Crippen molar-refractivity contribution in [3.63, 3.8) is 0 Å². The number of hydrogen-bond acceptors (Lipinski definition) is 2. The van der Waals surface area contributed by atoms with E-state index >= 15 is 0 Å². The molecule has 1 nitrogen and oxygen atoms in total. The Hall–Kier alpha value is -2.11. The van der Waals surface area contributed by atoms with Gasteiger partial charge in [-0.2, -0.15) is 0 Å². The zero-order valence-corrected chi connectivity index (χ0v) is 9.76. The minimum Gasteiger partial charge on any atom is -0.482 e. The molecule has 13 heavy (non-hydrogen) atoms. The Kier molecular flexibility index (Phi) is 2.44. The van der Waals surface area contributed by atoms with Crippen LogP contribution in [0.5, 0.6) is 0 Å². The summed E-state index contributed by atoms with van der Waals surface area (Å²) in [6.45, 7) is 0.608. The molecule has 0 amide bonds. The van der Waals surface area contributed by atoms with Crippen LogP contribution in [-0.4, -0.2) is 11.7 Å². The molecule has 0 aromatic carbocycles. The summed E-state index contributed by atoms with van der Waals surface area (Å²) in [5.41, 5.74) is 5.50. The third-order valence-electron chi connectivity index (χ3n) is 1.88. The van der Waals surface area contributed by atoms with Crippen LogP contribution < -0.4 is 0 Å². The Morgan fingerprint density at radius 1 is 1.38 bits per heavy atom. The molecule has 3 heteroatoms. The summed E-state index contributed by atoms with van der Waals surface area (Å²) in [6.07, 6.45) is 8.63. The van der Waals surface area contributed by atoms with Crippen LogP contribution in [0.2, 0.25) is 0 Å². The average Bonchev–Trinajstić information content (AvgIpc) is 2.28. The molecule has 1 radical (unpaired) electrons. The van der Waals surface area contributed by atoms with Crippen molar-refractivity contribution in [3.8, 4) is 0 Å². The van der Waals surface area contributed by atoms with Gasteiger partial charge in [-0.05, 0) is 35.5 Å². The minimum absolute atomic E-state index is 0. The molecule has 0 N–H and O–H groups in total. The number of rotatable bonds is 0. The Morgan fingerprint density at radius 2 is 2.23 bits per heavy atom. The van der Waals surface area contributed by atoms with E-state index in [2.05, 4.69) is 5.73 Å². The van der Waals surface area contributed by atoms with Gasteiger partial charge < -0.3 is 4.74 Å². The van der Waals surface area contributed by atoms with E-state index in [1.807, 2.05) is 24.3 Å². The van der Waals surface area contributed by atoms with Gasteiger partial charge in [0.05, 0.1) is 0 Å². The molecule has 1 heterocycles. The van der Waals surface area contributed by atoms with E-state index in [1.54, 1.807) is 0 Å². The first-order valence-electron chi connectivity index (χ1n) is 3.83. The van der Waals surface area contributed by atoms with E-state index in [9.17, 15) is 0 Å². The molecule has 0 unspecified atom stereocenters. The summed E-state index contributed by atoms with van der Waals surface area (Å²) in [5.74, 6) is 0. The van der Waals surface area contributed by atoms with Gasteiger partial charge in [0.1, 0.15) is 6.61 Å². The van der Waals surface area contributed by atoms with Crippen LogP contribution in [0.4, 0.5) is 0 Å².